The molecule has 1 aromatic carbocycles. The van der Waals surface area contributed by atoms with Gasteiger partial charge in [0.15, 0.2) is 5.78 Å². The summed E-state index contributed by atoms with van der Waals surface area (Å²) in [6.07, 6.45) is 2.05. The fraction of sp³-hybridized carbons (Fsp3) is 0.294. The van der Waals surface area contributed by atoms with E-state index in [1.165, 1.54) is 5.56 Å². The van der Waals surface area contributed by atoms with Crippen LogP contribution >= 0.6 is 0 Å². The van der Waals surface area contributed by atoms with E-state index in [-0.39, 0.29) is 5.78 Å². The van der Waals surface area contributed by atoms with Crippen molar-refractivity contribution < 1.29 is 4.79 Å². The summed E-state index contributed by atoms with van der Waals surface area (Å²) in [5, 5.41) is 0. The monoisotopic (exact) mass is 268 g/mol. The van der Waals surface area contributed by atoms with Crippen molar-refractivity contribution in [3.8, 4) is 0 Å². The lowest BCUT2D eigenvalue weighted by Gasteiger charge is -2.07. The molecule has 0 spiro atoms. The van der Waals surface area contributed by atoms with Crippen LogP contribution in [0.1, 0.15) is 46.9 Å². The predicted octanol–water partition coefficient (Wildman–Crippen LogP) is 3.09. The van der Waals surface area contributed by atoms with Crippen molar-refractivity contribution in [2.75, 3.05) is 0 Å². The van der Waals surface area contributed by atoms with Gasteiger partial charge in [-0.2, -0.15) is 0 Å². The molecule has 1 heterocycles. The standard InChI is InChI=1S/C17H20N2O/c1-12(2)14-5-3-13(4-6-14)9-17(20)15-7-8-19-16(10-15)11-18/h3-8,10,12H,9,11,18H2,1-2H3. The highest BCUT2D eigenvalue weighted by Crippen LogP contribution is 2.16. The summed E-state index contributed by atoms with van der Waals surface area (Å²) < 4.78 is 0. The number of carbonyl (C=O) groups excluding carboxylic acids is 1. The maximum atomic E-state index is 12.2. The normalized spacial score (nSPS) is 10.8. The van der Waals surface area contributed by atoms with E-state index < -0.39 is 0 Å². The van der Waals surface area contributed by atoms with Crippen LogP contribution in [-0.4, -0.2) is 10.8 Å². The molecule has 0 saturated carbocycles. The van der Waals surface area contributed by atoms with Crippen molar-refractivity contribution >= 4 is 5.78 Å². The Morgan fingerprint density at radius 1 is 1.20 bits per heavy atom. The molecule has 2 aromatic rings. The summed E-state index contributed by atoms with van der Waals surface area (Å²) in [5.74, 6) is 0.603. The number of pyridine rings is 1. The van der Waals surface area contributed by atoms with Crippen molar-refractivity contribution in [3.05, 3.63) is 65.0 Å². The Balaban J connectivity index is 2.10. The zero-order chi connectivity index (χ0) is 14.5. The highest BCUT2D eigenvalue weighted by atomic mass is 16.1. The van der Waals surface area contributed by atoms with E-state index in [0.29, 0.717) is 24.4 Å². The van der Waals surface area contributed by atoms with Gasteiger partial charge in [0.25, 0.3) is 0 Å². The lowest BCUT2D eigenvalue weighted by Crippen LogP contribution is -2.07. The molecule has 0 aliphatic heterocycles. The predicted molar refractivity (Wildman–Crippen MR) is 80.7 cm³/mol. The largest absolute Gasteiger partial charge is 0.325 e. The second kappa shape index (κ2) is 6.44. The number of ketones is 1. The summed E-state index contributed by atoms with van der Waals surface area (Å²) in [5.41, 5.74) is 9.28. The first-order chi connectivity index (χ1) is 9.60. The fourth-order valence-corrected chi connectivity index (χ4v) is 2.07. The van der Waals surface area contributed by atoms with E-state index in [2.05, 4.69) is 31.0 Å². The molecule has 0 radical (unpaired) electrons. The number of nitrogens with zero attached hydrogens (tertiary/aromatic N) is 1. The lowest BCUT2D eigenvalue weighted by atomic mass is 9.98. The van der Waals surface area contributed by atoms with Crippen LogP contribution < -0.4 is 5.73 Å². The Morgan fingerprint density at radius 2 is 1.90 bits per heavy atom. The average Bonchev–Trinajstić information content (AvgIpc) is 2.47. The topological polar surface area (TPSA) is 56.0 Å². The first-order valence-corrected chi connectivity index (χ1v) is 6.87. The van der Waals surface area contributed by atoms with E-state index in [4.69, 9.17) is 5.73 Å². The minimum Gasteiger partial charge on any atom is -0.325 e. The molecule has 3 nitrogen and oxygen atoms in total. The third kappa shape index (κ3) is 3.52. The van der Waals surface area contributed by atoms with Crippen LogP contribution in [0.2, 0.25) is 0 Å². The molecule has 0 atom stereocenters. The zero-order valence-corrected chi connectivity index (χ0v) is 12.0. The molecule has 0 saturated heterocycles. The average molecular weight is 268 g/mol. The highest BCUT2D eigenvalue weighted by molar-refractivity contribution is 5.97. The third-order valence-electron chi connectivity index (χ3n) is 3.36. The van der Waals surface area contributed by atoms with Crippen LogP contribution in [0.3, 0.4) is 0 Å². The van der Waals surface area contributed by atoms with Crippen LogP contribution in [0, 0.1) is 0 Å². The molecule has 0 aliphatic rings. The number of carbonyl (C=O) groups is 1. The molecule has 0 amide bonds. The molecule has 1 aromatic heterocycles. The summed E-state index contributed by atoms with van der Waals surface area (Å²) in [6.45, 7) is 4.67. The smallest absolute Gasteiger partial charge is 0.167 e. The van der Waals surface area contributed by atoms with Crippen LogP contribution in [0.5, 0.6) is 0 Å². The molecule has 0 unspecified atom stereocenters. The molecule has 3 heteroatoms. The first kappa shape index (κ1) is 14.4. The number of aromatic nitrogens is 1. The van der Waals surface area contributed by atoms with Crippen LogP contribution in [0.15, 0.2) is 42.6 Å². The van der Waals surface area contributed by atoms with Gasteiger partial charge < -0.3 is 5.73 Å². The molecule has 104 valence electrons. The third-order valence-corrected chi connectivity index (χ3v) is 3.36. The number of Topliss-reactive ketones (excluding diaryl/α,β-unsaturated/α-hetero) is 1. The Bertz CT molecular complexity index is 588. The van der Waals surface area contributed by atoms with Gasteiger partial charge in [0.05, 0.1) is 5.69 Å². The van der Waals surface area contributed by atoms with Crippen molar-refractivity contribution in [3.63, 3.8) is 0 Å². The quantitative estimate of drug-likeness (QED) is 0.848. The van der Waals surface area contributed by atoms with E-state index in [1.54, 1.807) is 18.3 Å². The highest BCUT2D eigenvalue weighted by Gasteiger charge is 2.08. The van der Waals surface area contributed by atoms with Gasteiger partial charge in [-0.05, 0) is 29.2 Å². The summed E-state index contributed by atoms with van der Waals surface area (Å²) >= 11 is 0. The fourth-order valence-electron chi connectivity index (χ4n) is 2.07. The van der Waals surface area contributed by atoms with Gasteiger partial charge in [-0.3, -0.25) is 9.78 Å². The summed E-state index contributed by atoms with van der Waals surface area (Å²) in [7, 11) is 0. The Kier molecular flexibility index (Phi) is 4.64. The molecule has 0 fully saturated rings. The molecule has 20 heavy (non-hydrogen) atoms. The van der Waals surface area contributed by atoms with Gasteiger partial charge in [-0.25, -0.2) is 0 Å². The van der Waals surface area contributed by atoms with Crippen LogP contribution in [-0.2, 0) is 13.0 Å². The Labute approximate surface area is 119 Å². The van der Waals surface area contributed by atoms with E-state index in [1.807, 2.05) is 12.1 Å². The molecule has 0 bridgehead atoms. The van der Waals surface area contributed by atoms with Gasteiger partial charge >= 0.3 is 0 Å². The summed E-state index contributed by atoms with van der Waals surface area (Å²) in [6, 6.07) is 11.7. The number of hydrogen-bond acceptors (Lipinski definition) is 3. The maximum absolute atomic E-state index is 12.2. The number of hydrogen-bond donors (Lipinski definition) is 1. The van der Waals surface area contributed by atoms with Gasteiger partial charge in [0.2, 0.25) is 0 Å². The molecule has 2 rings (SSSR count). The zero-order valence-electron chi connectivity index (χ0n) is 12.0. The van der Waals surface area contributed by atoms with Gasteiger partial charge in [-0.1, -0.05) is 38.1 Å². The van der Waals surface area contributed by atoms with Crippen LogP contribution in [0.25, 0.3) is 0 Å². The molecular weight excluding hydrogens is 248 g/mol. The minimum atomic E-state index is 0.0967. The minimum absolute atomic E-state index is 0.0967. The Morgan fingerprint density at radius 3 is 2.50 bits per heavy atom. The SMILES string of the molecule is CC(C)c1ccc(CC(=O)c2ccnc(CN)c2)cc1. The summed E-state index contributed by atoms with van der Waals surface area (Å²) in [4.78, 5) is 16.3. The van der Waals surface area contributed by atoms with E-state index in [9.17, 15) is 4.79 Å². The van der Waals surface area contributed by atoms with Crippen LogP contribution in [0.4, 0.5) is 0 Å². The number of benzene rings is 1. The lowest BCUT2D eigenvalue weighted by molar-refractivity contribution is 0.0993. The van der Waals surface area contributed by atoms with Crippen molar-refractivity contribution in [1.82, 2.24) is 4.98 Å². The van der Waals surface area contributed by atoms with Gasteiger partial charge in [0.1, 0.15) is 0 Å². The first-order valence-electron chi connectivity index (χ1n) is 6.87. The van der Waals surface area contributed by atoms with Gasteiger partial charge in [0, 0.05) is 24.7 Å². The van der Waals surface area contributed by atoms with Crippen molar-refractivity contribution in [2.45, 2.75) is 32.7 Å². The second-order valence-electron chi connectivity index (χ2n) is 5.24. The van der Waals surface area contributed by atoms with Gasteiger partial charge in [-0.15, -0.1) is 0 Å². The molecular formula is C17H20N2O. The Hall–Kier alpha value is -2.00. The van der Waals surface area contributed by atoms with E-state index >= 15 is 0 Å². The van der Waals surface area contributed by atoms with E-state index in [0.717, 1.165) is 11.3 Å². The second-order valence-corrected chi connectivity index (χ2v) is 5.24. The van der Waals surface area contributed by atoms with Crippen molar-refractivity contribution in [1.29, 1.82) is 0 Å². The molecule has 0 aliphatic carbocycles. The van der Waals surface area contributed by atoms with Crippen molar-refractivity contribution in [2.24, 2.45) is 5.73 Å². The molecule has 2 N–H and O–H groups in total. The number of rotatable bonds is 5. The maximum Gasteiger partial charge on any atom is 0.167 e. The number of nitrogens with two attached hydrogens (primary N) is 1.